The van der Waals surface area contributed by atoms with Crippen LogP contribution in [0.5, 0.6) is 5.75 Å². The number of ketones is 1. The van der Waals surface area contributed by atoms with Gasteiger partial charge in [-0.2, -0.15) is 0 Å². The molecule has 1 atom stereocenters. The Kier molecular flexibility index (Phi) is 6.94. The Labute approximate surface area is 212 Å². The molecular formula is C27H26N2O6S. The Balaban J connectivity index is 1.92. The first-order valence-corrected chi connectivity index (χ1v) is 12.2. The van der Waals surface area contributed by atoms with Crippen LogP contribution in [0.25, 0.3) is 5.76 Å². The van der Waals surface area contributed by atoms with Crippen molar-refractivity contribution in [1.29, 1.82) is 0 Å². The number of carbonyl (C=O) groups is 3. The van der Waals surface area contributed by atoms with Gasteiger partial charge in [-0.3, -0.25) is 14.5 Å². The number of benzene rings is 2. The number of aromatic nitrogens is 1. The number of carbonyl (C=O) groups excluding carboxylic acids is 3. The first kappa shape index (κ1) is 25.1. The van der Waals surface area contributed by atoms with Gasteiger partial charge in [0.15, 0.2) is 5.13 Å². The molecule has 1 N–H and O–H groups in total. The van der Waals surface area contributed by atoms with Crippen LogP contribution in [0, 0.1) is 20.8 Å². The molecule has 0 bridgehead atoms. The maximum atomic E-state index is 13.4. The minimum atomic E-state index is -0.937. The molecule has 8 nitrogen and oxygen atoms in total. The number of aliphatic hydroxyl groups is 1. The number of amides is 1. The Morgan fingerprint density at radius 2 is 1.81 bits per heavy atom. The van der Waals surface area contributed by atoms with Gasteiger partial charge in [-0.1, -0.05) is 41.2 Å². The van der Waals surface area contributed by atoms with E-state index < -0.39 is 23.7 Å². The van der Waals surface area contributed by atoms with Gasteiger partial charge in [0.1, 0.15) is 16.4 Å². The summed E-state index contributed by atoms with van der Waals surface area (Å²) in [6, 6.07) is 11.5. The zero-order chi connectivity index (χ0) is 26.1. The molecule has 0 spiro atoms. The molecular weight excluding hydrogens is 480 g/mol. The summed E-state index contributed by atoms with van der Waals surface area (Å²) in [7, 11) is 1.54. The molecule has 2 heterocycles. The standard InChI is InChI=1S/C27H26N2O6S/c1-6-35-26(33)24-16(4)28-27(36-24)29-21(17-9-7-14(2)8-10-17)20(23(31)25(29)32)22(30)19-12-11-18(34-5)13-15(19)3/h7-13,21,30H,6H2,1-5H3/t21-/m0/s1. The lowest BCUT2D eigenvalue weighted by atomic mass is 9.93. The molecule has 1 aliphatic heterocycles. The van der Waals surface area contributed by atoms with Crippen molar-refractivity contribution >= 4 is 39.9 Å². The number of rotatable bonds is 6. The summed E-state index contributed by atoms with van der Waals surface area (Å²) in [5.74, 6) is -1.91. The molecule has 0 unspecified atom stereocenters. The van der Waals surface area contributed by atoms with Crippen LogP contribution >= 0.6 is 11.3 Å². The second-order valence-corrected chi connectivity index (χ2v) is 9.37. The normalized spacial score (nSPS) is 16.9. The van der Waals surface area contributed by atoms with Gasteiger partial charge in [0.05, 0.1) is 31.0 Å². The molecule has 1 fully saturated rings. The number of Topliss-reactive ketones (excluding diaryl/α,β-unsaturated/α-hetero) is 1. The molecule has 9 heteroatoms. The highest BCUT2D eigenvalue weighted by atomic mass is 32.1. The van der Waals surface area contributed by atoms with Crippen LogP contribution in [0.4, 0.5) is 5.13 Å². The average Bonchev–Trinajstić information content (AvgIpc) is 3.36. The Hall–Kier alpha value is -3.98. The minimum Gasteiger partial charge on any atom is -0.507 e. The van der Waals surface area contributed by atoms with Gasteiger partial charge >= 0.3 is 11.9 Å². The van der Waals surface area contributed by atoms with Crippen LogP contribution in [0.3, 0.4) is 0 Å². The highest BCUT2D eigenvalue weighted by Crippen LogP contribution is 2.44. The topological polar surface area (TPSA) is 106 Å². The first-order valence-electron chi connectivity index (χ1n) is 11.3. The van der Waals surface area contributed by atoms with E-state index in [0.717, 1.165) is 16.9 Å². The summed E-state index contributed by atoms with van der Waals surface area (Å²) in [6.07, 6.45) is 0. The van der Waals surface area contributed by atoms with Crippen LogP contribution < -0.4 is 9.64 Å². The van der Waals surface area contributed by atoms with Crippen molar-refractivity contribution in [2.75, 3.05) is 18.6 Å². The summed E-state index contributed by atoms with van der Waals surface area (Å²) < 4.78 is 10.4. The maximum Gasteiger partial charge on any atom is 0.350 e. The van der Waals surface area contributed by atoms with Crippen molar-refractivity contribution < 1.29 is 29.0 Å². The summed E-state index contributed by atoms with van der Waals surface area (Å²) in [5, 5.41) is 11.5. The second kappa shape index (κ2) is 9.94. The van der Waals surface area contributed by atoms with E-state index >= 15 is 0 Å². The lowest BCUT2D eigenvalue weighted by molar-refractivity contribution is -0.132. The zero-order valence-electron chi connectivity index (χ0n) is 20.6. The van der Waals surface area contributed by atoms with Crippen LogP contribution in [-0.4, -0.2) is 41.5 Å². The number of methoxy groups -OCH3 is 1. The Morgan fingerprint density at radius 3 is 2.42 bits per heavy atom. The van der Waals surface area contributed by atoms with E-state index in [1.54, 1.807) is 51.1 Å². The summed E-state index contributed by atoms with van der Waals surface area (Å²) in [5.41, 5.74) is 3.05. The number of aliphatic hydroxyl groups excluding tert-OH is 1. The smallest absolute Gasteiger partial charge is 0.350 e. The highest BCUT2D eigenvalue weighted by Gasteiger charge is 2.48. The fraction of sp³-hybridized carbons (Fsp3) is 0.259. The lowest BCUT2D eigenvalue weighted by Gasteiger charge is -2.23. The summed E-state index contributed by atoms with van der Waals surface area (Å²) >= 11 is 0.976. The lowest BCUT2D eigenvalue weighted by Crippen LogP contribution is -2.29. The number of nitrogens with zero attached hydrogens (tertiary/aromatic N) is 2. The van der Waals surface area contributed by atoms with Crippen LogP contribution in [0.1, 0.15) is 50.6 Å². The number of hydrogen-bond acceptors (Lipinski definition) is 8. The first-order chi connectivity index (χ1) is 17.2. The molecule has 0 aliphatic carbocycles. The molecule has 1 amide bonds. The predicted molar refractivity (Wildman–Crippen MR) is 137 cm³/mol. The zero-order valence-corrected chi connectivity index (χ0v) is 21.4. The number of hydrogen-bond donors (Lipinski definition) is 1. The largest absolute Gasteiger partial charge is 0.507 e. The van der Waals surface area contributed by atoms with E-state index in [9.17, 15) is 19.5 Å². The molecule has 4 rings (SSSR count). The van der Waals surface area contributed by atoms with Crippen molar-refractivity contribution in [2.45, 2.75) is 33.7 Å². The van der Waals surface area contributed by atoms with Gasteiger partial charge in [0.25, 0.3) is 5.78 Å². The Morgan fingerprint density at radius 1 is 1.11 bits per heavy atom. The van der Waals surface area contributed by atoms with Gasteiger partial charge in [-0.05, 0) is 57.0 Å². The molecule has 0 saturated carbocycles. The number of anilines is 1. The third kappa shape index (κ3) is 4.37. The molecule has 0 radical (unpaired) electrons. The van der Waals surface area contributed by atoms with E-state index in [2.05, 4.69) is 4.98 Å². The van der Waals surface area contributed by atoms with Crippen molar-refractivity contribution in [3.63, 3.8) is 0 Å². The minimum absolute atomic E-state index is 0.0531. The van der Waals surface area contributed by atoms with Gasteiger partial charge < -0.3 is 14.6 Å². The quantitative estimate of drug-likeness (QED) is 0.220. The number of aryl methyl sites for hydroxylation is 3. The highest BCUT2D eigenvalue weighted by molar-refractivity contribution is 7.17. The fourth-order valence-electron chi connectivity index (χ4n) is 4.14. The van der Waals surface area contributed by atoms with Crippen LogP contribution in [-0.2, 0) is 14.3 Å². The monoisotopic (exact) mass is 506 g/mol. The third-order valence-electron chi connectivity index (χ3n) is 5.98. The SMILES string of the molecule is CCOC(=O)c1sc(N2C(=O)C(=O)C(=C(O)c3ccc(OC)cc3C)[C@@H]2c2ccc(C)cc2)nc1C. The summed E-state index contributed by atoms with van der Waals surface area (Å²) in [6.45, 7) is 7.25. The van der Waals surface area contributed by atoms with Crippen LogP contribution in [0.15, 0.2) is 48.0 Å². The van der Waals surface area contributed by atoms with Crippen molar-refractivity contribution in [1.82, 2.24) is 4.98 Å². The average molecular weight is 507 g/mol. The molecule has 1 saturated heterocycles. The fourth-order valence-corrected chi connectivity index (χ4v) is 5.13. The Bertz CT molecular complexity index is 1390. The third-order valence-corrected chi connectivity index (χ3v) is 7.12. The van der Waals surface area contributed by atoms with E-state index in [-0.39, 0.29) is 27.9 Å². The molecule has 3 aromatic rings. The number of ether oxygens (including phenoxy) is 2. The maximum absolute atomic E-state index is 13.4. The van der Waals surface area contributed by atoms with E-state index in [0.29, 0.717) is 28.1 Å². The van der Waals surface area contributed by atoms with E-state index in [1.165, 1.54) is 12.0 Å². The van der Waals surface area contributed by atoms with Crippen molar-refractivity contribution in [2.24, 2.45) is 0 Å². The molecule has 1 aliphatic rings. The predicted octanol–water partition coefficient (Wildman–Crippen LogP) is 4.88. The van der Waals surface area contributed by atoms with Gasteiger partial charge in [0, 0.05) is 5.56 Å². The van der Waals surface area contributed by atoms with E-state index in [4.69, 9.17) is 9.47 Å². The van der Waals surface area contributed by atoms with Crippen molar-refractivity contribution in [3.05, 3.63) is 80.9 Å². The van der Waals surface area contributed by atoms with Gasteiger partial charge in [0.2, 0.25) is 0 Å². The molecule has 186 valence electrons. The van der Waals surface area contributed by atoms with Crippen LogP contribution in [0.2, 0.25) is 0 Å². The van der Waals surface area contributed by atoms with Gasteiger partial charge in [-0.25, -0.2) is 9.78 Å². The second-order valence-electron chi connectivity index (χ2n) is 8.39. The van der Waals surface area contributed by atoms with Gasteiger partial charge in [-0.15, -0.1) is 0 Å². The van der Waals surface area contributed by atoms with Crippen molar-refractivity contribution in [3.8, 4) is 5.75 Å². The molecule has 1 aromatic heterocycles. The summed E-state index contributed by atoms with van der Waals surface area (Å²) in [4.78, 5) is 45.1. The molecule has 36 heavy (non-hydrogen) atoms. The molecule has 2 aromatic carbocycles. The van der Waals surface area contributed by atoms with E-state index in [1.807, 2.05) is 19.1 Å². The number of esters is 1. The number of thiazole rings is 1.